The summed E-state index contributed by atoms with van der Waals surface area (Å²) in [4.78, 5) is 11.9. The number of hydrogen-bond donors (Lipinski definition) is 4. The molecule has 0 aromatic carbocycles. The van der Waals surface area contributed by atoms with Gasteiger partial charge in [-0.15, -0.1) is 0 Å². The lowest BCUT2D eigenvalue weighted by molar-refractivity contribution is -0.181. The first-order chi connectivity index (χ1) is 12.8. The summed E-state index contributed by atoms with van der Waals surface area (Å²) in [6, 6.07) is 0. The van der Waals surface area contributed by atoms with E-state index in [1.807, 2.05) is 0 Å². The van der Waals surface area contributed by atoms with E-state index in [4.69, 9.17) is 4.74 Å². The van der Waals surface area contributed by atoms with Crippen molar-refractivity contribution in [2.45, 2.75) is 89.3 Å². The van der Waals surface area contributed by atoms with E-state index < -0.39 is 52.2 Å². The van der Waals surface area contributed by atoms with E-state index in [2.05, 4.69) is 6.58 Å². The number of rotatable bonds is 1. The molecule has 0 unspecified atom stereocenters. The number of aliphatic hydroxyl groups excluding tert-OH is 2. The third-order valence-corrected chi connectivity index (χ3v) is 9.00. The highest BCUT2D eigenvalue weighted by Gasteiger charge is 2.73. The third-order valence-electron chi connectivity index (χ3n) is 9.00. The Morgan fingerprint density at radius 2 is 1.75 bits per heavy atom. The van der Waals surface area contributed by atoms with Gasteiger partial charge in [-0.05, 0) is 44.9 Å². The van der Waals surface area contributed by atoms with E-state index in [9.17, 15) is 25.2 Å². The van der Waals surface area contributed by atoms with E-state index in [1.165, 1.54) is 6.92 Å². The average molecular weight is 395 g/mol. The summed E-state index contributed by atoms with van der Waals surface area (Å²) in [5.74, 6) is -1.11. The molecule has 0 radical (unpaired) electrons. The fraction of sp³-hybridized carbons (Fsp3) is 0.864. The predicted molar refractivity (Wildman–Crippen MR) is 102 cm³/mol. The zero-order chi connectivity index (χ0) is 20.9. The molecule has 4 fully saturated rings. The molecule has 0 heterocycles. The Morgan fingerprint density at radius 1 is 1.11 bits per heavy atom. The standard InChI is InChI=1S/C22H34O6/c1-11-13-6-7-14-18(28-12(2)23)21(13,10-20(14,5)26)9-17(25)22(27)15(11)8-16(24)19(22,3)4/h13-18,24-27H,1,6-10H2,2-5H3/t13-,14-,15-,16-,17+,18+,20+,21-,22-/m0/s1. The van der Waals surface area contributed by atoms with Gasteiger partial charge in [0.05, 0.1) is 17.8 Å². The molecule has 4 aliphatic rings. The Balaban J connectivity index is 1.86. The largest absolute Gasteiger partial charge is 0.462 e. The molecule has 4 saturated carbocycles. The van der Waals surface area contributed by atoms with Crippen LogP contribution in [0.2, 0.25) is 0 Å². The van der Waals surface area contributed by atoms with Crippen LogP contribution in [-0.4, -0.2) is 55.9 Å². The summed E-state index contributed by atoms with van der Waals surface area (Å²) >= 11 is 0. The normalized spacial score (nSPS) is 54.6. The van der Waals surface area contributed by atoms with Crippen molar-refractivity contribution in [3.63, 3.8) is 0 Å². The van der Waals surface area contributed by atoms with Crippen molar-refractivity contribution >= 4 is 5.97 Å². The van der Waals surface area contributed by atoms with E-state index in [0.717, 1.165) is 12.0 Å². The topological polar surface area (TPSA) is 107 Å². The molecule has 6 nitrogen and oxygen atoms in total. The molecule has 28 heavy (non-hydrogen) atoms. The lowest BCUT2D eigenvalue weighted by atomic mass is 9.61. The molecule has 2 bridgehead atoms. The van der Waals surface area contributed by atoms with Crippen molar-refractivity contribution in [1.82, 2.24) is 0 Å². The van der Waals surface area contributed by atoms with Crippen LogP contribution in [0.15, 0.2) is 12.2 Å². The molecule has 1 spiro atoms. The summed E-state index contributed by atoms with van der Waals surface area (Å²) in [6.45, 7) is 11.1. The minimum Gasteiger partial charge on any atom is -0.462 e. The van der Waals surface area contributed by atoms with Crippen molar-refractivity contribution in [2.24, 2.45) is 28.6 Å². The first-order valence-corrected chi connectivity index (χ1v) is 10.5. The fourth-order valence-corrected chi connectivity index (χ4v) is 7.57. The maximum atomic E-state index is 11.9. The number of carbonyl (C=O) groups is 1. The van der Waals surface area contributed by atoms with Crippen molar-refractivity contribution < 1.29 is 30.0 Å². The van der Waals surface area contributed by atoms with Gasteiger partial charge < -0.3 is 25.2 Å². The van der Waals surface area contributed by atoms with Gasteiger partial charge in [0, 0.05) is 29.6 Å². The lowest BCUT2D eigenvalue weighted by Gasteiger charge is -2.47. The first kappa shape index (κ1) is 20.3. The van der Waals surface area contributed by atoms with E-state index in [1.54, 1.807) is 20.8 Å². The predicted octanol–water partition coefficient (Wildman–Crippen LogP) is 1.54. The lowest BCUT2D eigenvalue weighted by Crippen LogP contribution is -2.57. The number of ether oxygens (including phenoxy) is 1. The van der Waals surface area contributed by atoms with Gasteiger partial charge in [0.1, 0.15) is 11.7 Å². The Kier molecular flexibility index (Phi) is 4.22. The third kappa shape index (κ3) is 2.26. The maximum absolute atomic E-state index is 11.9. The Labute approximate surface area is 166 Å². The molecule has 0 aromatic rings. The van der Waals surface area contributed by atoms with Crippen LogP contribution in [-0.2, 0) is 9.53 Å². The van der Waals surface area contributed by atoms with Crippen molar-refractivity contribution in [3.05, 3.63) is 12.2 Å². The summed E-state index contributed by atoms with van der Waals surface area (Å²) < 4.78 is 5.77. The summed E-state index contributed by atoms with van der Waals surface area (Å²) in [5.41, 5.74) is -3.26. The summed E-state index contributed by atoms with van der Waals surface area (Å²) in [7, 11) is 0. The Morgan fingerprint density at radius 3 is 2.36 bits per heavy atom. The Bertz CT molecular complexity index is 714. The molecule has 6 heteroatoms. The number of esters is 1. The molecular formula is C22H34O6. The second-order valence-corrected chi connectivity index (χ2v) is 10.7. The average Bonchev–Trinajstić information content (AvgIpc) is 2.79. The molecule has 4 N–H and O–H groups in total. The highest BCUT2D eigenvalue weighted by molar-refractivity contribution is 5.66. The van der Waals surface area contributed by atoms with Crippen LogP contribution >= 0.6 is 0 Å². The molecule has 4 aliphatic carbocycles. The maximum Gasteiger partial charge on any atom is 0.302 e. The number of hydrogen-bond acceptors (Lipinski definition) is 6. The second-order valence-electron chi connectivity index (χ2n) is 10.7. The van der Waals surface area contributed by atoms with Crippen LogP contribution in [0.4, 0.5) is 0 Å². The Hall–Kier alpha value is -0.950. The summed E-state index contributed by atoms with van der Waals surface area (Å²) in [6.07, 6.45) is 0.0633. The van der Waals surface area contributed by atoms with Gasteiger partial charge >= 0.3 is 5.97 Å². The number of fused-ring (bicyclic) bond motifs is 2. The minimum absolute atomic E-state index is 0.0863. The summed E-state index contributed by atoms with van der Waals surface area (Å²) in [5, 5.41) is 44.9. The van der Waals surface area contributed by atoms with Gasteiger partial charge in [-0.2, -0.15) is 0 Å². The highest BCUT2D eigenvalue weighted by Crippen LogP contribution is 2.69. The minimum atomic E-state index is -1.51. The smallest absolute Gasteiger partial charge is 0.302 e. The molecule has 0 amide bonds. The van der Waals surface area contributed by atoms with Gasteiger partial charge in [-0.1, -0.05) is 26.0 Å². The monoisotopic (exact) mass is 394 g/mol. The number of carbonyl (C=O) groups excluding carboxylic acids is 1. The quantitative estimate of drug-likeness (QED) is 0.397. The molecule has 9 atom stereocenters. The van der Waals surface area contributed by atoms with Crippen molar-refractivity contribution in [1.29, 1.82) is 0 Å². The first-order valence-electron chi connectivity index (χ1n) is 10.5. The highest BCUT2D eigenvalue weighted by atomic mass is 16.5. The van der Waals surface area contributed by atoms with E-state index in [0.29, 0.717) is 19.3 Å². The van der Waals surface area contributed by atoms with Crippen molar-refractivity contribution in [3.8, 4) is 0 Å². The van der Waals surface area contributed by atoms with Crippen LogP contribution in [0.3, 0.4) is 0 Å². The van der Waals surface area contributed by atoms with Crippen LogP contribution in [0.25, 0.3) is 0 Å². The van der Waals surface area contributed by atoms with Crippen LogP contribution in [0, 0.1) is 28.6 Å². The molecule has 4 rings (SSSR count). The van der Waals surface area contributed by atoms with Gasteiger partial charge in [0.2, 0.25) is 0 Å². The van der Waals surface area contributed by atoms with Crippen molar-refractivity contribution in [2.75, 3.05) is 0 Å². The fourth-order valence-electron chi connectivity index (χ4n) is 7.57. The molecule has 158 valence electrons. The SMILES string of the molecule is C=C1[C@@H]2CC[C@H]3[C@@H](OC(C)=O)[C@@]2(C[C@@H](O)[C@@]2(O)[C@H]1C[C@H](O)C2(C)C)C[C@@]3(C)O. The number of aliphatic hydroxyl groups is 4. The molecular weight excluding hydrogens is 360 g/mol. The van der Waals surface area contributed by atoms with Gasteiger partial charge in [-0.3, -0.25) is 4.79 Å². The van der Waals surface area contributed by atoms with E-state index >= 15 is 0 Å². The second kappa shape index (κ2) is 5.81. The molecule has 0 aliphatic heterocycles. The molecule has 0 aromatic heterocycles. The van der Waals surface area contributed by atoms with Crippen LogP contribution < -0.4 is 0 Å². The van der Waals surface area contributed by atoms with Gasteiger partial charge in [0.25, 0.3) is 0 Å². The zero-order valence-electron chi connectivity index (χ0n) is 17.3. The molecule has 0 saturated heterocycles. The van der Waals surface area contributed by atoms with Crippen LogP contribution in [0.1, 0.15) is 59.8 Å². The van der Waals surface area contributed by atoms with Crippen LogP contribution in [0.5, 0.6) is 0 Å². The van der Waals surface area contributed by atoms with Gasteiger partial charge in [0.15, 0.2) is 0 Å². The van der Waals surface area contributed by atoms with Gasteiger partial charge in [-0.25, -0.2) is 0 Å². The van der Waals surface area contributed by atoms with E-state index in [-0.39, 0.29) is 18.3 Å². The zero-order valence-corrected chi connectivity index (χ0v) is 17.3.